The van der Waals surface area contributed by atoms with Crippen LogP contribution < -0.4 is 4.74 Å². The Balaban J connectivity index is 2.74. The maximum absolute atomic E-state index is 10.9. The Morgan fingerprint density at radius 3 is 2.84 bits per heavy atom. The van der Waals surface area contributed by atoms with E-state index in [9.17, 15) is 14.9 Å². The van der Waals surface area contributed by atoms with Gasteiger partial charge in [-0.25, -0.2) is 0 Å². The quantitative estimate of drug-likeness (QED) is 0.454. The van der Waals surface area contributed by atoms with Crippen LogP contribution >= 0.6 is 11.8 Å². The fraction of sp³-hybridized carbons (Fsp3) is 0.308. The summed E-state index contributed by atoms with van der Waals surface area (Å²) in [7, 11) is 1.47. The minimum absolute atomic E-state index is 0.00909. The maximum atomic E-state index is 10.9. The summed E-state index contributed by atoms with van der Waals surface area (Å²) in [6, 6.07) is 4.71. The van der Waals surface area contributed by atoms with Crippen LogP contribution in [0.2, 0.25) is 0 Å². The molecule has 0 aliphatic carbocycles. The van der Waals surface area contributed by atoms with Crippen molar-refractivity contribution < 1.29 is 14.5 Å². The first-order valence-electron chi connectivity index (χ1n) is 5.67. The molecule has 0 saturated carbocycles. The number of carbonyl (C=O) groups excluding carboxylic acids is 1. The molecule has 0 spiro atoms. The van der Waals surface area contributed by atoms with E-state index in [1.165, 1.54) is 31.9 Å². The molecule has 1 rings (SSSR count). The first kappa shape index (κ1) is 15.2. The molecule has 6 heteroatoms. The van der Waals surface area contributed by atoms with Crippen LogP contribution in [-0.4, -0.2) is 22.9 Å². The van der Waals surface area contributed by atoms with E-state index in [4.69, 9.17) is 4.74 Å². The van der Waals surface area contributed by atoms with Gasteiger partial charge in [0.15, 0.2) is 5.12 Å². The lowest BCUT2D eigenvalue weighted by Crippen LogP contribution is -1.93. The van der Waals surface area contributed by atoms with Crippen molar-refractivity contribution in [3.63, 3.8) is 0 Å². The number of hydrogen-bond acceptors (Lipinski definition) is 5. The average molecular weight is 281 g/mol. The van der Waals surface area contributed by atoms with Crippen LogP contribution in [-0.2, 0) is 4.79 Å². The Kier molecular flexibility index (Phi) is 6.08. The normalized spacial score (nSPS) is 10.6. The second-order valence-corrected chi connectivity index (χ2v) is 4.98. The number of hydrogen-bond donors (Lipinski definition) is 0. The molecule has 0 atom stereocenters. The van der Waals surface area contributed by atoms with E-state index in [2.05, 4.69) is 0 Å². The minimum atomic E-state index is -0.438. The number of ether oxygens (including phenoxy) is 1. The summed E-state index contributed by atoms with van der Waals surface area (Å²) in [6.45, 7) is 1.52. The molecule has 0 radical (unpaired) electrons. The van der Waals surface area contributed by atoms with Crippen LogP contribution in [0.25, 0.3) is 6.08 Å². The van der Waals surface area contributed by atoms with Gasteiger partial charge in [0.1, 0.15) is 5.75 Å². The highest BCUT2D eigenvalue weighted by molar-refractivity contribution is 8.13. The number of thioether (sulfide) groups is 1. The Bertz CT molecular complexity index is 499. The predicted octanol–water partition coefficient (Wildman–Crippen LogP) is 3.29. The first-order chi connectivity index (χ1) is 9.04. The third kappa shape index (κ3) is 5.13. The van der Waals surface area contributed by atoms with Gasteiger partial charge in [-0.05, 0) is 18.6 Å². The Morgan fingerprint density at radius 1 is 1.53 bits per heavy atom. The van der Waals surface area contributed by atoms with E-state index in [1.54, 1.807) is 18.2 Å². The van der Waals surface area contributed by atoms with Gasteiger partial charge in [-0.1, -0.05) is 23.9 Å². The molecular formula is C13H15NO4S. The highest BCUT2D eigenvalue weighted by Gasteiger charge is 2.12. The topological polar surface area (TPSA) is 69.4 Å². The molecule has 0 amide bonds. The summed E-state index contributed by atoms with van der Waals surface area (Å²) in [5.41, 5.74) is 0.536. The van der Waals surface area contributed by atoms with Crippen molar-refractivity contribution >= 4 is 28.6 Å². The summed E-state index contributed by atoms with van der Waals surface area (Å²) >= 11 is 1.24. The van der Waals surface area contributed by atoms with Gasteiger partial charge in [0.25, 0.3) is 5.69 Å². The van der Waals surface area contributed by atoms with Crippen LogP contribution in [0.15, 0.2) is 24.3 Å². The molecule has 0 unspecified atom stereocenters. The fourth-order valence-corrected chi connectivity index (χ4v) is 1.97. The van der Waals surface area contributed by atoms with Gasteiger partial charge in [-0.15, -0.1) is 0 Å². The summed E-state index contributed by atoms with van der Waals surface area (Å²) in [5.74, 6) is 1.13. The molecular weight excluding hydrogens is 266 g/mol. The molecule has 102 valence electrons. The SMILES string of the molecule is COc1ccc(C=CCCSC(C)=O)c([N+](=O)[O-])c1. The Labute approximate surface area is 115 Å². The van der Waals surface area contributed by atoms with E-state index in [0.29, 0.717) is 23.5 Å². The zero-order valence-corrected chi connectivity index (χ0v) is 11.6. The molecule has 0 fully saturated rings. The second-order valence-electron chi connectivity index (χ2n) is 3.71. The Hall–Kier alpha value is -1.82. The predicted molar refractivity (Wildman–Crippen MR) is 76.4 cm³/mol. The fourth-order valence-electron chi connectivity index (χ4n) is 1.43. The summed E-state index contributed by atoms with van der Waals surface area (Å²) in [4.78, 5) is 21.2. The number of methoxy groups -OCH3 is 1. The molecule has 0 aliphatic heterocycles. The lowest BCUT2D eigenvalue weighted by atomic mass is 10.1. The van der Waals surface area contributed by atoms with Crippen LogP contribution in [0.1, 0.15) is 18.9 Å². The molecule has 0 saturated heterocycles. The summed E-state index contributed by atoms with van der Waals surface area (Å²) in [6.07, 6.45) is 4.20. The highest BCUT2D eigenvalue weighted by atomic mass is 32.2. The van der Waals surface area contributed by atoms with Crippen LogP contribution in [0.4, 0.5) is 5.69 Å². The third-order valence-electron chi connectivity index (χ3n) is 2.32. The standard InChI is InChI=1S/C13H15NO4S/c1-10(15)19-8-4-3-5-11-6-7-12(18-2)9-13(11)14(16)17/h3,5-7,9H,4,8H2,1-2H3. The van der Waals surface area contributed by atoms with Crippen LogP contribution in [0.5, 0.6) is 5.75 Å². The van der Waals surface area contributed by atoms with Crippen molar-refractivity contribution in [1.82, 2.24) is 0 Å². The number of nitro benzene ring substituents is 1. The van der Waals surface area contributed by atoms with E-state index >= 15 is 0 Å². The van der Waals surface area contributed by atoms with E-state index in [0.717, 1.165) is 0 Å². The lowest BCUT2D eigenvalue weighted by Gasteiger charge is -2.01. The molecule has 0 heterocycles. The molecule has 19 heavy (non-hydrogen) atoms. The molecule has 5 nitrogen and oxygen atoms in total. The Morgan fingerprint density at radius 2 is 2.26 bits per heavy atom. The minimum Gasteiger partial charge on any atom is -0.497 e. The largest absolute Gasteiger partial charge is 0.497 e. The van der Waals surface area contributed by atoms with Crippen LogP contribution in [0, 0.1) is 10.1 Å². The van der Waals surface area contributed by atoms with Gasteiger partial charge in [0.05, 0.1) is 23.7 Å². The molecule has 0 aliphatic rings. The number of nitrogens with zero attached hydrogens (tertiary/aromatic N) is 1. The number of carbonyl (C=O) groups is 1. The van der Waals surface area contributed by atoms with Crippen molar-refractivity contribution in [2.24, 2.45) is 0 Å². The highest BCUT2D eigenvalue weighted by Crippen LogP contribution is 2.25. The first-order valence-corrected chi connectivity index (χ1v) is 6.65. The number of rotatable bonds is 6. The molecule has 0 N–H and O–H groups in total. The number of nitro groups is 1. The molecule has 0 bridgehead atoms. The van der Waals surface area contributed by atoms with Gasteiger partial charge in [0, 0.05) is 12.7 Å². The zero-order chi connectivity index (χ0) is 14.3. The number of allylic oxidation sites excluding steroid dienone is 1. The van der Waals surface area contributed by atoms with Crippen molar-refractivity contribution in [3.05, 3.63) is 40.0 Å². The van der Waals surface area contributed by atoms with Gasteiger partial charge >= 0.3 is 0 Å². The van der Waals surface area contributed by atoms with Crippen molar-refractivity contribution in [3.8, 4) is 5.75 Å². The van der Waals surface area contributed by atoms with Crippen molar-refractivity contribution in [1.29, 1.82) is 0 Å². The molecule has 1 aromatic rings. The lowest BCUT2D eigenvalue weighted by molar-refractivity contribution is -0.385. The monoisotopic (exact) mass is 281 g/mol. The van der Waals surface area contributed by atoms with Gasteiger partial charge in [0.2, 0.25) is 0 Å². The van der Waals surface area contributed by atoms with Crippen LogP contribution in [0.3, 0.4) is 0 Å². The average Bonchev–Trinajstić information content (AvgIpc) is 2.38. The third-order valence-corrected chi connectivity index (χ3v) is 3.17. The summed E-state index contributed by atoms with van der Waals surface area (Å²) < 4.78 is 4.96. The number of benzene rings is 1. The van der Waals surface area contributed by atoms with Crippen molar-refractivity contribution in [2.75, 3.05) is 12.9 Å². The van der Waals surface area contributed by atoms with Gasteiger partial charge in [-0.2, -0.15) is 0 Å². The zero-order valence-electron chi connectivity index (χ0n) is 10.8. The summed E-state index contributed by atoms with van der Waals surface area (Å²) in [5, 5.41) is 11.0. The molecule has 0 aromatic heterocycles. The van der Waals surface area contributed by atoms with E-state index < -0.39 is 4.92 Å². The van der Waals surface area contributed by atoms with E-state index in [-0.39, 0.29) is 10.8 Å². The van der Waals surface area contributed by atoms with Gasteiger partial charge in [-0.3, -0.25) is 14.9 Å². The van der Waals surface area contributed by atoms with E-state index in [1.807, 2.05) is 6.08 Å². The maximum Gasteiger partial charge on any atom is 0.280 e. The van der Waals surface area contributed by atoms with Crippen molar-refractivity contribution in [2.45, 2.75) is 13.3 Å². The van der Waals surface area contributed by atoms with Gasteiger partial charge < -0.3 is 4.74 Å². The molecule has 1 aromatic carbocycles. The second kappa shape index (κ2) is 7.58. The smallest absolute Gasteiger partial charge is 0.280 e.